The molecular weight excluding hydrogens is 362 g/mol. The maximum Gasteiger partial charge on any atom is 0.416 e. The van der Waals surface area contributed by atoms with Gasteiger partial charge < -0.3 is 9.64 Å². The summed E-state index contributed by atoms with van der Waals surface area (Å²) >= 11 is 0. The van der Waals surface area contributed by atoms with E-state index < -0.39 is 17.6 Å². The Bertz CT molecular complexity index is 789. The summed E-state index contributed by atoms with van der Waals surface area (Å²) in [5.41, 5.74) is -0.0491. The molecule has 1 aliphatic heterocycles. The maximum absolute atomic E-state index is 13.8. The van der Waals surface area contributed by atoms with E-state index in [0.717, 1.165) is 25.0 Å². The molecule has 0 saturated carbocycles. The van der Waals surface area contributed by atoms with Gasteiger partial charge in [-0.25, -0.2) is 4.39 Å². The largest absolute Gasteiger partial charge is 0.416 e. The molecule has 27 heavy (non-hydrogen) atoms. The first-order chi connectivity index (χ1) is 12.8. The van der Waals surface area contributed by atoms with Crippen LogP contribution in [-0.4, -0.2) is 30.0 Å². The highest BCUT2D eigenvalue weighted by atomic mass is 19.4. The number of piperidine rings is 1. The van der Waals surface area contributed by atoms with Gasteiger partial charge in [-0.1, -0.05) is 24.3 Å². The monoisotopic (exact) mass is 381 g/mol. The summed E-state index contributed by atoms with van der Waals surface area (Å²) in [5.74, 6) is -0.939. The number of benzene rings is 2. The number of likely N-dealkylation sites (tertiary alicyclic amines) is 1. The molecule has 1 saturated heterocycles. The van der Waals surface area contributed by atoms with Crippen LogP contribution in [0.25, 0.3) is 0 Å². The summed E-state index contributed by atoms with van der Waals surface area (Å²) in [6, 6.07) is 10.6. The third-order valence-electron chi connectivity index (χ3n) is 4.54. The minimum Gasteiger partial charge on any atom is -0.372 e. The fourth-order valence-electron chi connectivity index (χ4n) is 3.07. The third kappa shape index (κ3) is 4.86. The van der Waals surface area contributed by atoms with Crippen molar-refractivity contribution in [2.24, 2.45) is 0 Å². The summed E-state index contributed by atoms with van der Waals surface area (Å²) in [5, 5.41) is 0. The zero-order chi connectivity index (χ0) is 19.4. The first-order valence-corrected chi connectivity index (χ1v) is 8.66. The Hall–Kier alpha value is -2.41. The van der Waals surface area contributed by atoms with E-state index in [9.17, 15) is 22.4 Å². The van der Waals surface area contributed by atoms with E-state index in [1.165, 1.54) is 30.3 Å². The Morgan fingerprint density at radius 2 is 1.81 bits per heavy atom. The second-order valence-electron chi connectivity index (χ2n) is 6.50. The van der Waals surface area contributed by atoms with E-state index in [-0.39, 0.29) is 24.2 Å². The van der Waals surface area contributed by atoms with Crippen LogP contribution in [0, 0.1) is 5.82 Å². The summed E-state index contributed by atoms with van der Waals surface area (Å²) in [6.45, 7) is 1.01. The van der Waals surface area contributed by atoms with Crippen LogP contribution < -0.4 is 0 Å². The van der Waals surface area contributed by atoms with Crippen molar-refractivity contribution in [3.8, 4) is 0 Å². The van der Waals surface area contributed by atoms with E-state index >= 15 is 0 Å². The van der Waals surface area contributed by atoms with Crippen LogP contribution in [0.2, 0.25) is 0 Å². The number of halogens is 4. The molecule has 0 N–H and O–H groups in total. The SMILES string of the molecule is O=C(c1ccccc1F)N1CCCC(OCc2ccc(C(F)(F)F)cc2)C1. The molecule has 1 fully saturated rings. The van der Waals surface area contributed by atoms with Crippen molar-refractivity contribution in [2.75, 3.05) is 13.1 Å². The molecule has 7 heteroatoms. The number of carbonyl (C=O) groups is 1. The molecule has 0 aromatic heterocycles. The molecule has 3 nitrogen and oxygen atoms in total. The minimum atomic E-state index is -4.36. The van der Waals surface area contributed by atoms with Crippen LogP contribution in [0.4, 0.5) is 17.6 Å². The van der Waals surface area contributed by atoms with E-state index in [1.807, 2.05) is 0 Å². The van der Waals surface area contributed by atoms with Gasteiger partial charge in [-0.2, -0.15) is 13.2 Å². The van der Waals surface area contributed by atoms with Gasteiger partial charge >= 0.3 is 6.18 Å². The zero-order valence-electron chi connectivity index (χ0n) is 14.5. The highest BCUT2D eigenvalue weighted by Crippen LogP contribution is 2.29. The summed E-state index contributed by atoms with van der Waals surface area (Å²) in [6.07, 6.45) is -3.15. The van der Waals surface area contributed by atoms with Crippen molar-refractivity contribution in [3.05, 3.63) is 71.0 Å². The molecular formula is C20H19F4NO2. The Kier molecular flexibility index (Phi) is 5.79. The quantitative estimate of drug-likeness (QED) is 0.721. The number of hydrogen-bond donors (Lipinski definition) is 0. The number of ether oxygens (including phenoxy) is 1. The zero-order valence-corrected chi connectivity index (χ0v) is 14.5. The Labute approximate surface area is 154 Å². The Balaban J connectivity index is 1.57. The molecule has 1 heterocycles. The molecule has 2 aromatic rings. The van der Waals surface area contributed by atoms with Gasteiger partial charge in [0.1, 0.15) is 5.82 Å². The van der Waals surface area contributed by atoms with Crippen molar-refractivity contribution in [1.82, 2.24) is 4.90 Å². The molecule has 2 aromatic carbocycles. The fraction of sp³-hybridized carbons (Fsp3) is 0.350. The van der Waals surface area contributed by atoms with E-state index in [0.29, 0.717) is 18.7 Å². The lowest BCUT2D eigenvalue weighted by Gasteiger charge is -2.32. The average Bonchev–Trinajstić information content (AvgIpc) is 2.66. The number of nitrogens with zero attached hydrogens (tertiary/aromatic N) is 1. The molecule has 144 valence electrons. The molecule has 1 atom stereocenters. The lowest BCUT2D eigenvalue weighted by atomic mass is 10.1. The lowest BCUT2D eigenvalue weighted by molar-refractivity contribution is -0.137. The molecule has 0 bridgehead atoms. The number of rotatable bonds is 4. The van der Waals surface area contributed by atoms with Gasteiger partial charge in [0, 0.05) is 13.1 Å². The number of hydrogen-bond acceptors (Lipinski definition) is 2. The van der Waals surface area contributed by atoms with Crippen LogP contribution in [0.15, 0.2) is 48.5 Å². The lowest BCUT2D eigenvalue weighted by Crippen LogP contribution is -2.43. The molecule has 3 rings (SSSR count). The first-order valence-electron chi connectivity index (χ1n) is 8.66. The predicted molar refractivity (Wildman–Crippen MR) is 91.6 cm³/mol. The van der Waals surface area contributed by atoms with Gasteiger partial charge in [-0.05, 0) is 42.7 Å². The molecule has 1 amide bonds. The van der Waals surface area contributed by atoms with Gasteiger partial charge in [0.2, 0.25) is 0 Å². The second-order valence-corrected chi connectivity index (χ2v) is 6.50. The fourth-order valence-corrected chi connectivity index (χ4v) is 3.07. The molecule has 0 radical (unpaired) electrons. The topological polar surface area (TPSA) is 29.5 Å². The number of alkyl halides is 3. The molecule has 1 unspecified atom stereocenters. The first kappa shape index (κ1) is 19.4. The van der Waals surface area contributed by atoms with Crippen LogP contribution in [0.1, 0.15) is 34.3 Å². The third-order valence-corrected chi connectivity index (χ3v) is 4.54. The molecule has 1 aliphatic rings. The average molecular weight is 381 g/mol. The summed E-state index contributed by atoms with van der Waals surface area (Å²) in [4.78, 5) is 14.1. The van der Waals surface area contributed by atoms with Crippen LogP contribution in [0.3, 0.4) is 0 Å². The maximum atomic E-state index is 13.8. The van der Waals surface area contributed by atoms with Gasteiger partial charge in [-0.3, -0.25) is 4.79 Å². The van der Waals surface area contributed by atoms with Crippen LogP contribution >= 0.6 is 0 Å². The van der Waals surface area contributed by atoms with E-state index in [4.69, 9.17) is 4.74 Å². The number of carbonyl (C=O) groups excluding carboxylic acids is 1. The predicted octanol–water partition coefficient (Wildman–Crippen LogP) is 4.67. The van der Waals surface area contributed by atoms with Crippen molar-refractivity contribution >= 4 is 5.91 Å². The van der Waals surface area contributed by atoms with Gasteiger partial charge in [-0.15, -0.1) is 0 Å². The highest BCUT2D eigenvalue weighted by Gasteiger charge is 2.30. The summed E-state index contributed by atoms with van der Waals surface area (Å²) < 4.78 is 57.4. The van der Waals surface area contributed by atoms with Gasteiger partial charge in [0.15, 0.2) is 0 Å². The number of amides is 1. The van der Waals surface area contributed by atoms with Crippen molar-refractivity contribution in [2.45, 2.75) is 31.7 Å². The standard InChI is InChI=1S/C20H19F4NO2/c21-18-6-2-1-5-17(18)19(26)25-11-3-4-16(12-25)27-13-14-7-9-15(10-8-14)20(22,23)24/h1-2,5-10,16H,3-4,11-13H2. The van der Waals surface area contributed by atoms with Crippen LogP contribution in [-0.2, 0) is 17.5 Å². The van der Waals surface area contributed by atoms with Crippen molar-refractivity contribution < 1.29 is 27.1 Å². The van der Waals surface area contributed by atoms with E-state index in [2.05, 4.69) is 0 Å². The Morgan fingerprint density at radius 1 is 1.11 bits per heavy atom. The van der Waals surface area contributed by atoms with Gasteiger partial charge in [0.05, 0.1) is 23.8 Å². The summed E-state index contributed by atoms with van der Waals surface area (Å²) in [7, 11) is 0. The van der Waals surface area contributed by atoms with Crippen molar-refractivity contribution in [1.29, 1.82) is 0 Å². The van der Waals surface area contributed by atoms with Gasteiger partial charge in [0.25, 0.3) is 5.91 Å². The van der Waals surface area contributed by atoms with Crippen molar-refractivity contribution in [3.63, 3.8) is 0 Å². The highest BCUT2D eigenvalue weighted by molar-refractivity contribution is 5.94. The molecule has 0 aliphatic carbocycles. The molecule has 0 spiro atoms. The van der Waals surface area contributed by atoms with E-state index in [1.54, 1.807) is 11.0 Å². The minimum absolute atomic E-state index is 0.0286. The smallest absolute Gasteiger partial charge is 0.372 e. The normalized spacial score (nSPS) is 17.8. The second kappa shape index (κ2) is 8.08. The Morgan fingerprint density at radius 3 is 2.48 bits per heavy atom. The van der Waals surface area contributed by atoms with Crippen LogP contribution in [0.5, 0.6) is 0 Å².